The number of fused-ring (bicyclic) bond motifs is 1. The Balaban J connectivity index is 1.37. The van der Waals surface area contributed by atoms with Gasteiger partial charge in [-0.05, 0) is 79.4 Å². The molecular formula is C34H39ClN4O5. The van der Waals surface area contributed by atoms with Crippen LogP contribution in [0.1, 0.15) is 51.6 Å². The average molecular weight is 619 g/mol. The third-order valence-electron chi connectivity index (χ3n) is 8.42. The standard InChI is InChI=1S/C34H39ClN4O5/c1-24-7-4-5-9-30(24)32(41)36-29-13-10-26(11-14-29)33(42)39-31-15-12-28(35)23-27(31)8-6-16-34(39,43-3)44-22-21-37-17-19-38(20-18-37)25(2)40/h4-5,7,9-15,23H,6,8,16-22H2,1-3H3,(H,36,41). The molecule has 3 aromatic rings. The first-order valence-electron chi connectivity index (χ1n) is 15.0. The molecule has 1 fully saturated rings. The lowest BCUT2D eigenvalue weighted by Gasteiger charge is -2.42. The molecule has 0 saturated carbocycles. The van der Waals surface area contributed by atoms with Crippen molar-refractivity contribution in [1.82, 2.24) is 9.80 Å². The Kier molecular flexibility index (Phi) is 10.0. The second-order valence-electron chi connectivity index (χ2n) is 11.2. The number of carbonyl (C=O) groups is 3. The molecule has 0 bridgehead atoms. The first-order chi connectivity index (χ1) is 21.2. The second-order valence-corrected chi connectivity index (χ2v) is 11.7. The van der Waals surface area contributed by atoms with E-state index >= 15 is 0 Å². The summed E-state index contributed by atoms with van der Waals surface area (Å²) in [6.07, 6.45) is 1.90. The first kappa shape index (κ1) is 31.7. The van der Waals surface area contributed by atoms with Crippen LogP contribution in [0.4, 0.5) is 11.4 Å². The van der Waals surface area contributed by atoms with Crippen molar-refractivity contribution in [1.29, 1.82) is 0 Å². The van der Waals surface area contributed by atoms with Gasteiger partial charge in [0, 0.05) is 75.0 Å². The Hall–Kier alpha value is -3.76. The smallest absolute Gasteiger partial charge is 0.262 e. The van der Waals surface area contributed by atoms with E-state index in [2.05, 4.69) is 10.2 Å². The topological polar surface area (TPSA) is 91.4 Å². The predicted octanol–water partition coefficient (Wildman–Crippen LogP) is 5.36. The van der Waals surface area contributed by atoms with Gasteiger partial charge in [0.1, 0.15) is 0 Å². The number of nitrogens with zero attached hydrogens (tertiary/aromatic N) is 3. The summed E-state index contributed by atoms with van der Waals surface area (Å²) < 4.78 is 12.6. The Morgan fingerprint density at radius 2 is 1.70 bits per heavy atom. The summed E-state index contributed by atoms with van der Waals surface area (Å²) in [4.78, 5) is 44.6. The molecule has 44 heavy (non-hydrogen) atoms. The molecule has 10 heteroatoms. The number of hydrogen-bond acceptors (Lipinski definition) is 6. The maximum Gasteiger partial charge on any atom is 0.262 e. The Labute approximate surface area is 263 Å². The van der Waals surface area contributed by atoms with Gasteiger partial charge in [-0.15, -0.1) is 0 Å². The summed E-state index contributed by atoms with van der Waals surface area (Å²) in [5.41, 5.74) is 4.10. The van der Waals surface area contributed by atoms with Crippen LogP contribution in [0.5, 0.6) is 0 Å². The van der Waals surface area contributed by atoms with Gasteiger partial charge in [0.15, 0.2) is 0 Å². The number of nitrogens with one attached hydrogen (secondary N) is 1. The van der Waals surface area contributed by atoms with E-state index in [4.69, 9.17) is 21.1 Å². The molecule has 2 aliphatic rings. The van der Waals surface area contributed by atoms with E-state index in [1.54, 1.807) is 55.3 Å². The highest BCUT2D eigenvalue weighted by Crippen LogP contribution is 2.39. The van der Waals surface area contributed by atoms with Crippen LogP contribution in [-0.4, -0.2) is 79.9 Å². The third-order valence-corrected chi connectivity index (χ3v) is 8.65. The van der Waals surface area contributed by atoms with E-state index in [0.29, 0.717) is 66.6 Å². The summed E-state index contributed by atoms with van der Waals surface area (Å²) in [7, 11) is 1.57. The Bertz CT molecular complexity index is 1510. The molecule has 0 aliphatic carbocycles. The molecular weight excluding hydrogens is 580 g/mol. The molecule has 9 nitrogen and oxygen atoms in total. The number of rotatable bonds is 8. The molecule has 1 unspecified atom stereocenters. The molecule has 3 aromatic carbocycles. The van der Waals surface area contributed by atoms with Gasteiger partial charge in [0.05, 0.1) is 12.3 Å². The van der Waals surface area contributed by atoms with E-state index in [0.717, 1.165) is 30.6 Å². The van der Waals surface area contributed by atoms with Crippen LogP contribution < -0.4 is 10.2 Å². The number of methoxy groups -OCH3 is 1. The number of ether oxygens (including phenoxy) is 2. The van der Waals surface area contributed by atoms with Gasteiger partial charge >= 0.3 is 0 Å². The third kappa shape index (κ3) is 6.97. The number of aryl methyl sites for hydroxylation is 2. The first-order valence-corrected chi connectivity index (χ1v) is 15.4. The Morgan fingerprint density at radius 1 is 0.977 bits per heavy atom. The van der Waals surface area contributed by atoms with Crippen LogP contribution in [0, 0.1) is 6.92 Å². The second kappa shape index (κ2) is 13.9. The maximum absolute atomic E-state index is 14.3. The van der Waals surface area contributed by atoms with Crippen LogP contribution >= 0.6 is 11.6 Å². The van der Waals surface area contributed by atoms with E-state index < -0.39 is 5.91 Å². The molecule has 0 aromatic heterocycles. The molecule has 2 heterocycles. The summed E-state index contributed by atoms with van der Waals surface area (Å²) in [5.74, 6) is -1.75. The molecule has 1 saturated heterocycles. The Morgan fingerprint density at radius 3 is 2.39 bits per heavy atom. The minimum atomic E-state index is -1.34. The van der Waals surface area contributed by atoms with Crippen molar-refractivity contribution in [2.24, 2.45) is 0 Å². The number of anilines is 2. The minimum absolute atomic E-state index is 0.0901. The lowest BCUT2D eigenvalue weighted by Crippen LogP contribution is -2.56. The predicted molar refractivity (Wildman–Crippen MR) is 171 cm³/mol. The molecule has 0 radical (unpaired) electrons. The van der Waals surface area contributed by atoms with Crippen molar-refractivity contribution in [3.05, 3.63) is 94.0 Å². The van der Waals surface area contributed by atoms with Crippen LogP contribution in [0.15, 0.2) is 66.7 Å². The van der Waals surface area contributed by atoms with Gasteiger partial charge in [-0.3, -0.25) is 24.2 Å². The van der Waals surface area contributed by atoms with Gasteiger partial charge in [0.2, 0.25) is 5.91 Å². The number of hydrogen-bond donors (Lipinski definition) is 1. The van der Waals surface area contributed by atoms with Crippen molar-refractivity contribution in [2.75, 3.05) is 56.7 Å². The van der Waals surface area contributed by atoms with Crippen LogP contribution in [0.2, 0.25) is 5.02 Å². The normalized spacial score (nSPS) is 18.8. The van der Waals surface area contributed by atoms with Crippen molar-refractivity contribution >= 4 is 40.7 Å². The lowest BCUT2D eigenvalue weighted by molar-refractivity contribution is -0.222. The van der Waals surface area contributed by atoms with E-state index in [1.165, 1.54) is 0 Å². The fraction of sp³-hybridized carbons (Fsp3) is 0.382. The van der Waals surface area contributed by atoms with Crippen molar-refractivity contribution in [3.8, 4) is 0 Å². The van der Waals surface area contributed by atoms with Crippen molar-refractivity contribution in [3.63, 3.8) is 0 Å². The van der Waals surface area contributed by atoms with Gasteiger partial charge in [0.25, 0.3) is 17.7 Å². The van der Waals surface area contributed by atoms with Gasteiger partial charge < -0.3 is 19.7 Å². The summed E-state index contributed by atoms with van der Waals surface area (Å²) in [6.45, 7) is 7.36. The molecule has 232 valence electrons. The van der Waals surface area contributed by atoms with Crippen molar-refractivity contribution < 1.29 is 23.9 Å². The molecule has 0 spiro atoms. The largest absolute Gasteiger partial charge is 0.340 e. The maximum atomic E-state index is 14.3. The summed E-state index contributed by atoms with van der Waals surface area (Å²) in [6, 6.07) is 19.7. The van der Waals surface area contributed by atoms with Gasteiger partial charge in [-0.2, -0.15) is 0 Å². The monoisotopic (exact) mass is 618 g/mol. The SMILES string of the molecule is COC1(OCCN2CCN(C(C)=O)CC2)CCCc2cc(Cl)ccc2N1C(=O)c1ccc(NC(=O)c2ccccc2C)cc1. The minimum Gasteiger partial charge on any atom is -0.340 e. The van der Waals surface area contributed by atoms with E-state index in [-0.39, 0.29) is 17.7 Å². The molecule has 3 amide bonds. The number of halogens is 1. The summed E-state index contributed by atoms with van der Waals surface area (Å²) >= 11 is 6.36. The zero-order valence-corrected chi connectivity index (χ0v) is 26.2. The number of amides is 3. The number of piperazine rings is 1. The highest BCUT2D eigenvalue weighted by molar-refractivity contribution is 6.30. The van der Waals surface area contributed by atoms with Gasteiger partial charge in [-0.25, -0.2) is 0 Å². The van der Waals surface area contributed by atoms with Gasteiger partial charge in [-0.1, -0.05) is 29.8 Å². The number of benzene rings is 3. The highest BCUT2D eigenvalue weighted by atomic mass is 35.5. The molecule has 5 rings (SSSR count). The van der Waals surface area contributed by atoms with Crippen LogP contribution in [0.25, 0.3) is 0 Å². The van der Waals surface area contributed by atoms with Crippen LogP contribution in [0.3, 0.4) is 0 Å². The average Bonchev–Trinajstić information content (AvgIpc) is 3.18. The lowest BCUT2D eigenvalue weighted by atomic mass is 10.1. The fourth-order valence-corrected chi connectivity index (χ4v) is 6.09. The van der Waals surface area contributed by atoms with Crippen molar-refractivity contribution in [2.45, 2.75) is 39.0 Å². The molecule has 1 N–H and O–H groups in total. The molecule has 1 atom stereocenters. The van der Waals surface area contributed by atoms with Crippen LogP contribution in [-0.2, 0) is 20.7 Å². The fourth-order valence-electron chi connectivity index (χ4n) is 5.90. The zero-order valence-electron chi connectivity index (χ0n) is 25.5. The van der Waals surface area contributed by atoms with E-state index in [9.17, 15) is 14.4 Å². The zero-order chi connectivity index (χ0) is 31.3. The van der Waals surface area contributed by atoms with E-state index in [1.807, 2.05) is 42.2 Å². The highest BCUT2D eigenvalue weighted by Gasteiger charge is 2.45. The molecule has 2 aliphatic heterocycles. The number of carbonyl (C=O) groups excluding carboxylic acids is 3. The summed E-state index contributed by atoms with van der Waals surface area (Å²) in [5, 5.41) is 3.52. The quantitative estimate of drug-likeness (QED) is 0.342.